The van der Waals surface area contributed by atoms with Crippen LogP contribution in [0.5, 0.6) is 0 Å². The lowest BCUT2D eigenvalue weighted by atomic mass is 9.90. The molecular formula is C18H22N4O4. The smallest absolute Gasteiger partial charge is 0.290 e. The maximum Gasteiger partial charge on any atom is 0.290 e. The van der Waals surface area contributed by atoms with E-state index < -0.39 is 0 Å². The van der Waals surface area contributed by atoms with E-state index in [1.54, 1.807) is 0 Å². The molecule has 0 radical (unpaired) electrons. The van der Waals surface area contributed by atoms with Crippen LogP contribution in [0.1, 0.15) is 18.5 Å². The van der Waals surface area contributed by atoms with Crippen molar-refractivity contribution in [1.29, 1.82) is 0 Å². The number of aromatic nitrogens is 2. The first kappa shape index (κ1) is 18.1. The maximum absolute atomic E-state index is 11.3. The van der Waals surface area contributed by atoms with Crippen molar-refractivity contribution in [1.82, 2.24) is 15.5 Å². The van der Waals surface area contributed by atoms with Gasteiger partial charge in [-0.3, -0.25) is 9.59 Å². The largest absolute Gasteiger partial charge is 0.483 e. The van der Waals surface area contributed by atoms with Crippen molar-refractivity contribution in [3.63, 3.8) is 0 Å². The van der Waals surface area contributed by atoms with Crippen molar-refractivity contribution in [3.8, 4) is 0 Å². The van der Waals surface area contributed by atoms with Gasteiger partial charge in [-0.05, 0) is 19.8 Å². The Morgan fingerprint density at radius 3 is 2.50 bits per heavy atom. The fourth-order valence-electron chi connectivity index (χ4n) is 3.48. The van der Waals surface area contributed by atoms with E-state index in [4.69, 9.17) is 14.6 Å². The number of aryl methyl sites for hydroxylation is 1. The van der Waals surface area contributed by atoms with Crippen LogP contribution in [0.3, 0.4) is 0 Å². The number of nitrogens with zero attached hydrogens (tertiary/aromatic N) is 3. The number of piperidine rings is 1. The minimum atomic E-state index is -0.250. The van der Waals surface area contributed by atoms with Crippen molar-refractivity contribution >= 4 is 29.0 Å². The molecule has 3 heterocycles. The summed E-state index contributed by atoms with van der Waals surface area (Å²) in [6.45, 7) is 4.24. The van der Waals surface area contributed by atoms with E-state index in [1.165, 1.54) is 0 Å². The lowest BCUT2D eigenvalue weighted by Gasteiger charge is -2.44. The van der Waals surface area contributed by atoms with Crippen LogP contribution in [0.4, 0.5) is 5.82 Å². The molecule has 0 bridgehead atoms. The normalized spacial score (nSPS) is 18.8. The number of amides is 1. The molecule has 2 fully saturated rings. The fraction of sp³-hybridized carbons (Fsp3) is 0.444. The number of fused-ring (bicyclic) bond motifs is 1. The summed E-state index contributed by atoms with van der Waals surface area (Å²) in [5.74, 6) is 0.925. The highest BCUT2D eigenvalue weighted by Crippen LogP contribution is 2.32. The van der Waals surface area contributed by atoms with Crippen molar-refractivity contribution < 1.29 is 19.4 Å². The number of ether oxygens (including phenoxy) is 1. The first-order valence-corrected chi connectivity index (χ1v) is 8.54. The third-order valence-electron chi connectivity index (χ3n) is 4.94. The Kier molecular flexibility index (Phi) is 5.32. The quantitative estimate of drug-likeness (QED) is 0.736. The zero-order valence-corrected chi connectivity index (χ0v) is 14.6. The van der Waals surface area contributed by atoms with Crippen molar-refractivity contribution in [2.45, 2.75) is 25.4 Å². The molecule has 2 N–H and O–H groups in total. The maximum atomic E-state index is 11.3. The molecule has 26 heavy (non-hydrogen) atoms. The van der Waals surface area contributed by atoms with Crippen LogP contribution in [-0.2, 0) is 14.3 Å². The average molecular weight is 358 g/mol. The molecule has 4 rings (SSSR count). The van der Waals surface area contributed by atoms with Crippen LogP contribution in [0, 0.1) is 6.92 Å². The highest BCUT2D eigenvalue weighted by Gasteiger charge is 2.39. The number of carbonyl (C=O) groups is 2. The monoisotopic (exact) mass is 358 g/mol. The van der Waals surface area contributed by atoms with Crippen molar-refractivity contribution in [2.24, 2.45) is 0 Å². The molecule has 0 aliphatic carbocycles. The molecule has 8 heteroatoms. The topological polar surface area (TPSA) is 105 Å². The van der Waals surface area contributed by atoms with E-state index in [-0.39, 0.29) is 24.6 Å². The third-order valence-corrected chi connectivity index (χ3v) is 4.94. The van der Waals surface area contributed by atoms with Gasteiger partial charge in [-0.15, -0.1) is 5.10 Å². The number of anilines is 1. The van der Waals surface area contributed by atoms with Crippen molar-refractivity contribution in [3.05, 3.63) is 30.0 Å². The summed E-state index contributed by atoms with van der Waals surface area (Å²) in [5.41, 5.74) is 0.745. The second-order valence-electron chi connectivity index (χ2n) is 6.50. The lowest BCUT2D eigenvalue weighted by molar-refractivity contribution is -0.146. The molecule has 0 saturated carbocycles. The highest BCUT2D eigenvalue weighted by atomic mass is 16.5. The van der Waals surface area contributed by atoms with Gasteiger partial charge in [0, 0.05) is 30.4 Å². The minimum Gasteiger partial charge on any atom is -0.483 e. The van der Waals surface area contributed by atoms with Gasteiger partial charge in [-0.1, -0.05) is 24.3 Å². The third kappa shape index (κ3) is 3.60. The molecule has 8 nitrogen and oxygen atoms in total. The van der Waals surface area contributed by atoms with E-state index in [1.807, 2.05) is 19.1 Å². The zero-order valence-electron chi connectivity index (χ0n) is 14.6. The second kappa shape index (κ2) is 7.65. The number of hydrogen-bond acceptors (Lipinski definition) is 6. The number of carboxylic acid groups (broad SMARTS) is 1. The summed E-state index contributed by atoms with van der Waals surface area (Å²) in [5, 5.41) is 20.9. The Hall–Kier alpha value is -2.74. The number of carbonyl (C=O) groups excluding carboxylic acids is 1. The zero-order chi connectivity index (χ0) is 18.6. The van der Waals surface area contributed by atoms with Gasteiger partial charge in [0.15, 0.2) is 5.82 Å². The number of nitrogens with one attached hydrogen (secondary N) is 1. The second-order valence-corrected chi connectivity index (χ2v) is 6.50. The van der Waals surface area contributed by atoms with Gasteiger partial charge >= 0.3 is 0 Å². The van der Waals surface area contributed by atoms with E-state index in [0.29, 0.717) is 6.54 Å². The summed E-state index contributed by atoms with van der Waals surface area (Å²) in [6, 6.07) is 8.27. The lowest BCUT2D eigenvalue weighted by Crippen LogP contribution is -2.57. The summed E-state index contributed by atoms with van der Waals surface area (Å²) in [6.07, 6.45) is 1.77. The average Bonchev–Trinajstić information content (AvgIpc) is 2.67. The van der Waals surface area contributed by atoms with E-state index in [9.17, 15) is 4.79 Å². The van der Waals surface area contributed by atoms with Gasteiger partial charge < -0.3 is 20.1 Å². The van der Waals surface area contributed by atoms with Gasteiger partial charge in [0.1, 0.15) is 6.61 Å². The first-order valence-electron chi connectivity index (χ1n) is 8.54. The summed E-state index contributed by atoms with van der Waals surface area (Å²) < 4.78 is 5.83. The molecule has 2 aliphatic heterocycles. The predicted molar refractivity (Wildman–Crippen MR) is 96.1 cm³/mol. The molecule has 1 aromatic carbocycles. The summed E-state index contributed by atoms with van der Waals surface area (Å²) >= 11 is 0. The van der Waals surface area contributed by atoms with E-state index >= 15 is 0 Å². The minimum absolute atomic E-state index is 0.0200. The van der Waals surface area contributed by atoms with Crippen LogP contribution in [0.15, 0.2) is 24.3 Å². The standard InChI is InChI=1S/C17H20N4O2.CH2O2/c1-12-13-4-2-3-5-14(13)16(20-19-12)21-8-6-17(7-9-21)11-18-15(22)10-23-17;2-1-3/h2-5H,6-11H2,1H3,(H,18,22);1H,(H,2,3). The molecular weight excluding hydrogens is 336 g/mol. The Labute approximate surface area is 151 Å². The van der Waals surface area contributed by atoms with Gasteiger partial charge in [-0.2, -0.15) is 5.10 Å². The van der Waals surface area contributed by atoms with Crippen LogP contribution in [-0.4, -0.2) is 59.5 Å². The molecule has 1 aromatic heterocycles. The van der Waals surface area contributed by atoms with Crippen molar-refractivity contribution in [2.75, 3.05) is 31.1 Å². The van der Waals surface area contributed by atoms with E-state index in [2.05, 4.69) is 32.5 Å². The molecule has 138 valence electrons. The molecule has 1 spiro atoms. The van der Waals surface area contributed by atoms with Gasteiger partial charge in [-0.25, -0.2) is 0 Å². The molecule has 2 saturated heterocycles. The van der Waals surface area contributed by atoms with Crippen LogP contribution in [0.2, 0.25) is 0 Å². The highest BCUT2D eigenvalue weighted by molar-refractivity contribution is 5.93. The number of hydrogen-bond donors (Lipinski definition) is 2. The molecule has 1 amide bonds. The van der Waals surface area contributed by atoms with Gasteiger partial charge in [0.05, 0.1) is 11.3 Å². The Morgan fingerprint density at radius 1 is 1.23 bits per heavy atom. The molecule has 0 atom stereocenters. The number of rotatable bonds is 1. The molecule has 2 aromatic rings. The Balaban J connectivity index is 0.000000613. The van der Waals surface area contributed by atoms with Crippen LogP contribution < -0.4 is 10.2 Å². The fourth-order valence-corrected chi connectivity index (χ4v) is 3.48. The predicted octanol–water partition coefficient (Wildman–Crippen LogP) is 1.12. The molecule has 2 aliphatic rings. The summed E-state index contributed by atoms with van der Waals surface area (Å²) in [4.78, 5) is 21.9. The van der Waals surface area contributed by atoms with Gasteiger partial charge in [0.2, 0.25) is 5.91 Å². The Bertz CT molecular complexity index is 791. The Morgan fingerprint density at radius 2 is 1.88 bits per heavy atom. The number of morpholine rings is 1. The van der Waals surface area contributed by atoms with Crippen LogP contribution in [0.25, 0.3) is 10.8 Å². The molecule has 0 unspecified atom stereocenters. The van der Waals surface area contributed by atoms with E-state index in [0.717, 1.165) is 48.2 Å². The SMILES string of the molecule is Cc1nnc(N2CCC3(CC2)CNC(=O)CO3)c2ccccc12.O=CO. The number of benzene rings is 1. The van der Waals surface area contributed by atoms with Crippen LogP contribution >= 0.6 is 0 Å². The first-order chi connectivity index (χ1) is 12.6. The summed E-state index contributed by atoms with van der Waals surface area (Å²) in [7, 11) is 0. The van der Waals surface area contributed by atoms with Gasteiger partial charge in [0.25, 0.3) is 6.47 Å².